The molecule has 7 heteroatoms. The second-order valence-electron chi connectivity index (χ2n) is 4.69. The Labute approximate surface area is 136 Å². The standard InChI is InChI=1S/C17H14F2O5/c1-22-11-4-5-12(16(8-11)23-2)17(21)24-9-15(20)10-3-6-13(18)14(19)7-10/h3-8H,9H2,1-2H3. The first kappa shape index (κ1) is 17.4. The molecule has 0 heterocycles. The van der Waals surface area contributed by atoms with Crippen LogP contribution in [0.3, 0.4) is 0 Å². The van der Waals surface area contributed by atoms with E-state index in [0.717, 1.165) is 18.2 Å². The number of rotatable bonds is 6. The monoisotopic (exact) mass is 336 g/mol. The van der Waals surface area contributed by atoms with Gasteiger partial charge < -0.3 is 14.2 Å². The SMILES string of the molecule is COc1ccc(C(=O)OCC(=O)c2ccc(F)c(F)c2)c(OC)c1. The molecule has 0 atom stereocenters. The molecule has 0 bridgehead atoms. The Balaban J connectivity index is 2.07. The van der Waals surface area contributed by atoms with Gasteiger partial charge in [-0.15, -0.1) is 0 Å². The molecule has 2 aromatic carbocycles. The zero-order chi connectivity index (χ0) is 17.7. The summed E-state index contributed by atoms with van der Waals surface area (Å²) < 4.78 is 41.0. The number of hydrogen-bond acceptors (Lipinski definition) is 5. The van der Waals surface area contributed by atoms with Crippen LogP contribution in [-0.2, 0) is 4.74 Å². The van der Waals surface area contributed by atoms with Crippen molar-refractivity contribution in [1.29, 1.82) is 0 Å². The summed E-state index contributed by atoms with van der Waals surface area (Å²) in [6, 6.07) is 7.16. The Morgan fingerprint density at radius 3 is 2.33 bits per heavy atom. The van der Waals surface area contributed by atoms with Crippen molar-refractivity contribution >= 4 is 11.8 Å². The summed E-state index contributed by atoms with van der Waals surface area (Å²) in [5, 5.41) is 0. The molecule has 5 nitrogen and oxygen atoms in total. The molecule has 24 heavy (non-hydrogen) atoms. The molecule has 0 aromatic heterocycles. The molecule has 0 aliphatic heterocycles. The molecule has 0 saturated carbocycles. The van der Waals surface area contributed by atoms with Gasteiger partial charge in [-0.05, 0) is 30.3 Å². The number of methoxy groups -OCH3 is 2. The fraction of sp³-hybridized carbons (Fsp3) is 0.176. The number of benzene rings is 2. The Morgan fingerprint density at radius 1 is 0.958 bits per heavy atom. The lowest BCUT2D eigenvalue weighted by Gasteiger charge is -2.10. The second kappa shape index (κ2) is 7.54. The van der Waals surface area contributed by atoms with Gasteiger partial charge in [0, 0.05) is 11.6 Å². The summed E-state index contributed by atoms with van der Waals surface area (Å²) in [4.78, 5) is 23.9. The zero-order valence-corrected chi connectivity index (χ0v) is 13.0. The molecular formula is C17H14F2O5. The van der Waals surface area contributed by atoms with Crippen LogP contribution in [-0.4, -0.2) is 32.6 Å². The molecule has 2 rings (SSSR count). The minimum absolute atomic E-state index is 0.0941. The quantitative estimate of drug-likeness (QED) is 0.599. The Hall–Kier alpha value is -2.96. The van der Waals surface area contributed by atoms with Crippen molar-refractivity contribution in [2.45, 2.75) is 0 Å². The van der Waals surface area contributed by atoms with Gasteiger partial charge in [-0.3, -0.25) is 4.79 Å². The Morgan fingerprint density at radius 2 is 1.71 bits per heavy atom. The van der Waals surface area contributed by atoms with Crippen LogP contribution in [0.1, 0.15) is 20.7 Å². The number of ketones is 1. The van der Waals surface area contributed by atoms with Gasteiger partial charge in [0.25, 0.3) is 0 Å². The molecular weight excluding hydrogens is 322 g/mol. The number of halogens is 2. The maximum absolute atomic E-state index is 13.1. The average Bonchev–Trinajstić information content (AvgIpc) is 2.60. The predicted octanol–water partition coefficient (Wildman–Crippen LogP) is 3.02. The molecule has 0 radical (unpaired) electrons. The molecule has 126 valence electrons. The summed E-state index contributed by atoms with van der Waals surface area (Å²) in [5.74, 6) is -2.95. The van der Waals surface area contributed by atoms with Gasteiger partial charge in [-0.2, -0.15) is 0 Å². The van der Waals surface area contributed by atoms with Crippen molar-refractivity contribution in [1.82, 2.24) is 0 Å². The van der Waals surface area contributed by atoms with E-state index in [-0.39, 0.29) is 16.9 Å². The van der Waals surface area contributed by atoms with Gasteiger partial charge >= 0.3 is 5.97 Å². The van der Waals surface area contributed by atoms with E-state index in [4.69, 9.17) is 14.2 Å². The van der Waals surface area contributed by atoms with E-state index < -0.39 is 30.0 Å². The first-order valence-electron chi connectivity index (χ1n) is 6.83. The van der Waals surface area contributed by atoms with Crippen molar-refractivity contribution in [2.75, 3.05) is 20.8 Å². The molecule has 0 saturated heterocycles. The molecule has 0 amide bonds. The summed E-state index contributed by atoms with van der Waals surface area (Å²) in [5.41, 5.74) is 0.0137. The first-order valence-corrected chi connectivity index (χ1v) is 6.83. The number of carbonyl (C=O) groups is 2. The number of ether oxygens (including phenoxy) is 3. The van der Waals surface area contributed by atoms with Crippen LogP contribution in [0.2, 0.25) is 0 Å². The third-order valence-electron chi connectivity index (χ3n) is 3.20. The van der Waals surface area contributed by atoms with Crippen LogP contribution in [0, 0.1) is 11.6 Å². The van der Waals surface area contributed by atoms with Crippen LogP contribution in [0.5, 0.6) is 11.5 Å². The minimum atomic E-state index is -1.15. The van der Waals surface area contributed by atoms with Crippen LogP contribution < -0.4 is 9.47 Å². The van der Waals surface area contributed by atoms with E-state index in [2.05, 4.69) is 0 Å². The molecule has 0 spiro atoms. The van der Waals surface area contributed by atoms with Crippen LogP contribution in [0.25, 0.3) is 0 Å². The number of hydrogen-bond donors (Lipinski definition) is 0. The van der Waals surface area contributed by atoms with Gasteiger partial charge in [0.1, 0.15) is 17.1 Å². The highest BCUT2D eigenvalue weighted by Crippen LogP contribution is 2.25. The lowest BCUT2D eigenvalue weighted by molar-refractivity contribution is 0.0471. The summed E-state index contributed by atoms with van der Waals surface area (Å²) in [7, 11) is 2.84. The first-order chi connectivity index (χ1) is 11.5. The van der Waals surface area contributed by atoms with E-state index in [9.17, 15) is 18.4 Å². The number of carbonyl (C=O) groups excluding carboxylic acids is 2. The molecule has 2 aromatic rings. The van der Waals surface area contributed by atoms with Crippen molar-refractivity contribution in [3.05, 3.63) is 59.2 Å². The van der Waals surface area contributed by atoms with Crippen molar-refractivity contribution in [3.63, 3.8) is 0 Å². The highest BCUT2D eigenvalue weighted by Gasteiger charge is 2.17. The maximum atomic E-state index is 13.1. The fourth-order valence-corrected chi connectivity index (χ4v) is 1.93. The van der Waals surface area contributed by atoms with Gasteiger partial charge in [0.2, 0.25) is 0 Å². The lowest BCUT2D eigenvalue weighted by Crippen LogP contribution is -2.15. The third-order valence-corrected chi connectivity index (χ3v) is 3.20. The summed E-state index contributed by atoms with van der Waals surface area (Å²) in [6.07, 6.45) is 0. The number of esters is 1. The Bertz CT molecular complexity index is 774. The van der Waals surface area contributed by atoms with Crippen molar-refractivity contribution < 1.29 is 32.6 Å². The van der Waals surface area contributed by atoms with Crippen LogP contribution >= 0.6 is 0 Å². The molecule has 0 aliphatic rings. The largest absolute Gasteiger partial charge is 0.497 e. The lowest BCUT2D eigenvalue weighted by atomic mass is 10.1. The maximum Gasteiger partial charge on any atom is 0.342 e. The van der Waals surface area contributed by atoms with Gasteiger partial charge in [0.05, 0.1) is 14.2 Å². The van der Waals surface area contributed by atoms with E-state index in [0.29, 0.717) is 5.75 Å². The van der Waals surface area contributed by atoms with E-state index >= 15 is 0 Å². The third kappa shape index (κ3) is 3.87. The van der Waals surface area contributed by atoms with Crippen molar-refractivity contribution in [3.8, 4) is 11.5 Å². The van der Waals surface area contributed by atoms with E-state index in [1.807, 2.05) is 0 Å². The molecule has 0 fully saturated rings. The number of Topliss-reactive ketones (excluding diaryl/α,β-unsaturated/α-hetero) is 1. The molecule has 0 aliphatic carbocycles. The van der Waals surface area contributed by atoms with Crippen molar-refractivity contribution in [2.24, 2.45) is 0 Å². The zero-order valence-electron chi connectivity index (χ0n) is 13.0. The highest BCUT2D eigenvalue weighted by atomic mass is 19.2. The highest BCUT2D eigenvalue weighted by molar-refractivity contribution is 6.00. The average molecular weight is 336 g/mol. The summed E-state index contributed by atoms with van der Waals surface area (Å²) >= 11 is 0. The smallest absolute Gasteiger partial charge is 0.342 e. The minimum Gasteiger partial charge on any atom is -0.497 e. The normalized spacial score (nSPS) is 10.2. The molecule has 0 N–H and O–H groups in total. The Kier molecular flexibility index (Phi) is 5.47. The molecule has 0 unspecified atom stereocenters. The summed E-state index contributed by atoms with van der Waals surface area (Å²) in [6.45, 7) is -0.612. The topological polar surface area (TPSA) is 61.8 Å². The fourth-order valence-electron chi connectivity index (χ4n) is 1.93. The van der Waals surface area contributed by atoms with Gasteiger partial charge in [0.15, 0.2) is 24.0 Å². The van der Waals surface area contributed by atoms with Gasteiger partial charge in [-0.25, -0.2) is 13.6 Å². The van der Waals surface area contributed by atoms with Crippen LogP contribution in [0.4, 0.5) is 8.78 Å². The second-order valence-corrected chi connectivity index (χ2v) is 4.69. The van der Waals surface area contributed by atoms with Crippen LogP contribution in [0.15, 0.2) is 36.4 Å². The van der Waals surface area contributed by atoms with E-state index in [1.165, 1.54) is 32.4 Å². The van der Waals surface area contributed by atoms with E-state index in [1.54, 1.807) is 0 Å². The predicted molar refractivity (Wildman–Crippen MR) is 80.5 cm³/mol. The van der Waals surface area contributed by atoms with Gasteiger partial charge in [-0.1, -0.05) is 0 Å².